The summed E-state index contributed by atoms with van der Waals surface area (Å²) in [4.78, 5) is 8.33. The van der Waals surface area contributed by atoms with Crippen LogP contribution in [0.15, 0.2) is 36.7 Å². The van der Waals surface area contributed by atoms with Gasteiger partial charge in [-0.3, -0.25) is 0 Å². The molecule has 0 radical (unpaired) electrons. The van der Waals surface area contributed by atoms with Gasteiger partial charge in [-0.05, 0) is 19.4 Å². The number of aryl methyl sites for hydroxylation is 2. The fourth-order valence-corrected chi connectivity index (χ4v) is 1.29. The quantitative estimate of drug-likeness (QED) is 0.721. The Morgan fingerprint density at radius 2 is 1.25 bits per heavy atom. The van der Waals surface area contributed by atoms with E-state index in [0.29, 0.717) is 0 Å². The fraction of sp³-hybridized carbons (Fsp3) is 0.286. The zero-order valence-electron chi connectivity index (χ0n) is 10.4. The maximum atomic E-state index is 4.17. The number of nitrogens with zero attached hydrogens (tertiary/aromatic N) is 2. The van der Waals surface area contributed by atoms with Crippen LogP contribution < -0.4 is 0 Å². The van der Waals surface area contributed by atoms with Crippen LogP contribution >= 0.6 is 0 Å². The highest BCUT2D eigenvalue weighted by Crippen LogP contribution is 2.17. The molecule has 0 atom stereocenters. The van der Waals surface area contributed by atoms with Crippen molar-refractivity contribution < 1.29 is 0 Å². The first-order valence-electron chi connectivity index (χ1n) is 5.61. The van der Waals surface area contributed by atoms with Gasteiger partial charge in [-0.15, -0.1) is 0 Å². The third-order valence-corrected chi connectivity index (χ3v) is 2.17. The van der Waals surface area contributed by atoms with Crippen LogP contribution in [0.25, 0.3) is 11.1 Å². The lowest BCUT2D eigenvalue weighted by molar-refractivity contribution is 1.06. The first-order valence-corrected chi connectivity index (χ1v) is 5.61. The summed E-state index contributed by atoms with van der Waals surface area (Å²) in [7, 11) is 0. The zero-order chi connectivity index (χ0) is 12.0. The highest BCUT2D eigenvalue weighted by Gasteiger charge is 1.97. The first-order chi connectivity index (χ1) is 7.75. The standard InChI is InChI=1S/C12H12N2.C2H6/c1-9-3-5-11(6-4-9)12-7-13-10(2)14-8-12;1-2/h3-8H,1-2H3;1-2H3. The van der Waals surface area contributed by atoms with E-state index in [4.69, 9.17) is 0 Å². The lowest BCUT2D eigenvalue weighted by Crippen LogP contribution is -1.87. The SMILES string of the molecule is CC.Cc1ccc(-c2cnc(C)nc2)cc1. The molecule has 16 heavy (non-hydrogen) atoms. The highest BCUT2D eigenvalue weighted by molar-refractivity contribution is 5.61. The Morgan fingerprint density at radius 3 is 1.75 bits per heavy atom. The van der Waals surface area contributed by atoms with E-state index in [9.17, 15) is 0 Å². The molecule has 0 fully saturated rings. The molecule has 0 aliphatic rings. The summed E-state index contributed by atoms with van der Waals surface area (Å²) in [5.41, 5.74) is 3.49. The molecule has 1 aromatic heterocycles. The molecule has 1 aromatic carbocycles. The molecule has 0 unspecified atom stereocenters. The van der Waals surface area contributed by atoms with E-state index in [-0.39, 0.29) is 0 Å². The molecule has 2 heteroatoms. The van der Waals surface area contributed by atoms with Crippen molar-refractivity contribution in [3.8, 4) is 11.1 Å². The van der Waals surface area contributed by atoms with Crippen LogP contribution in [-0.2, 0) is 0 Å². The molecule has 0 N–H and O–H groups in total. The fourth-order valence-electron chi connectivity index (χ4n) is 1.29. The lowest BCUT2D eigenvalue weighted by atomic mass is 10.1. The van der Waals surface area contributed by atoms with E-state index in [1.807, 2.05) is 33.2 Å². The molecule has 84 valence electrons. The molecule has 0 aliphatic carbocycles. The summed E-state index contributed by atoms with van der Waals surface area (Å²) in [6, 6.07) is 8.36. The molecule has 0 spiro atoms. The van der Waals surface area contributed by atoms with Crippen molar-refractivity contribution in [2.24, 2.45) is 0 Å². The van der Waals surface area contributed by atoms with E-state index in [0.717, 1.165) is 17.0 Å². The van der Waals surface area contributed by atoms with Crippen molar-refractivity contribution >= 4 is 0 Å². The number of hydrogen-bond donors (Lipinski definition) is 0. The van der Waals surface area contributed by atoms with Gasteiger partial charge < -0.3 is 0 Å². The van der Waals surface area contributed by atoms with Crippen LogP contribution in [0.5, 0.6) is 0 Å². The van der Waals surface area contributed by atoms with Gasteiger partial charge in [-0.25, -0.2) is 9.97 Å². The van der Waals surface area contributed by atoms with Gasteiger partial charge in [0.1, 0.15) is 5.82 Å². The summed E-state index contributed by atoms with van der Waals surface area (Å²) in [5, 5.41) is 0. The molecule has 0 bridgehead atoms. The average molecular weight is 214 g/mol. The monoisotopic (exact) mass is 214 g/mol. The minimum Gasteiger partial charge on any atom is -0.241 e. The van der Waals surface area contributed by atoms with E-state index in [2.05, 4.69) is 41.2 Å². The molecule has 2 aromatic rings. The predicted octanol–water partition coefficient (Wildman–Crippen LogP) is 3.79. The molecule has 0 saturated heterocycles. The largest absolute Gasteiger partial charge is 0.241 e. The molecule has 2 nitrogen and oxygen atoms in total. The molecule has 0 saturated carbocycles. The number of benzene rings is 1. The van der Waals surface area contributed by atoms with Crippen molar-refractivity contribution in [1.29, 1.82) is 0 Å². The van der Waals surface area contributed by atoms with Crippen LogP contribution in [0.2, 0.25) is 0 Å². The van der Waals surface area contributed by atoms with E-state index >= 15 is 0 Å². The molecular formula is C14H18N2. The first kappa shape index (κ1) is 12.4. The van der Waals surface area contributed by atoms with Crippen molar-refractivity contribution in [1.82, 2.24) is 9.97 Å². The minimum absolute atomic E-state index is 0.806. The van der Waals surface area contributed by atoms with Crippen molar-refractivity contribution in [3.63, 3.8) is 0 Å². The van der Waals surface area contributed by atoms with E-state index < -0.39 is 0 Å². The highest BCUT2D eigenvalue weighted by atomic mass is 14.8. The van der Waals surface area contributed by atoms with E-state index in [1.54, 1.807) is 0 Å². The Morgan fingerprint density at radius 1 is 0.750 bits per heavy atom. The summed E-state index contributed by atoms with van der Waals surface area (Å²) in [6.45, 7) is 7.97. The topological polar surface area (TPSA) is 25.8 Å². The van der Waals surface area contributed by atoms with Gasteiger partial charge in [0, 0.05) is 18.0 Å². The Hall–Kier alpha value is -1.70. The van der Waals surface area contributed by atoms with Gasteiger partial charge in [0.25, 0.3) is 0 Å². The van der Waals surface area contributed by atoms with Gasteiger partial charge in [0.15, 0.2) is 0 Å². The van der Waals surface area contributed by atoms with Gasteiger partial charge in [-0.1, -0.05) is 43.7 Å². The van der Waals surface area contributed by atoms with Crippen LogP contribution in [0.1, 0.15) is 25.2 Å². The van der Waals surface area contributed by atoms with Gasteiger partial charge in [0.2, 0.25) is 0 Å². The zero-order valence-corrected chi connectivity index (χ0v) is 10.4. The second-order valence-corrected chi connectivity index (χ2v) is 3.38. The number of aromatic nitrogens is 2. The second kappa shape index (κ2) is 6.01. The average Bonchev–Trinajstić information content (AvgIpc) is 2.34. The Bertz CT molecular complexity index is 372. The number of hydrogen-bond acceptors (Lipinski definition) is 2. The van der Waals surface area contributed by atoms with Crippen molar-refractivity contribution in [2.45, 2.75) is 27.7 Å². The van der Waals surface area contributed by atoms with Gasteiger partial charge in [-0.2, -0.15) is 0 Å². The van der Waals surface area contributed by atoms with Crippen LogP contribution in [0.3, 0.4) is 0 Å². The predicted molar refractivity (Wildman–Crippen MR) is 68.3 cm³/mol. The molecule has 0 amide bonds. The Labute approximate surface area is 97.4 Å². The summed E-state index contributed by atoms with van der Waals surface area (Å²) in [5.74, 6) is 0.806. The van der Waals surface area contributed by atoms with Crippen molar-refractivity contribution in [3.05, 3.63) is 48.0 Å². The summed E-state index contributed by atoms with van der Waals surface area (Å²) in [6.07, 6.45) is 3.71. The lowest BCUT2D eigenvalue weighted by Gasteiger charge is -2.01. The summed E-state index contributed by atoms with van der Waals surface area (Å²) >= 11 is 0. The molecule has 2 rings (SSSR count). The maximum Gasteiger partial charge on any atom is 0.125 e. The van der Waals surface area contributed by atoms with Crippen LogP contribution in [-0.4, -0.2) is 9.97 Å². The van der Waals surface area contributed by atoms with E-state index in [1.165, 1.54) is 5.56 Å². The van der Waals surface area contributed by atoms with Gasteiger partial charge >= 0.3 is 0 Å². The Kier molecular flexibility index (Phi) is 4.65. The molecule has 0 aliphatic heterocycles. The minimum atomic E-state index is 0.806. The molecular weight excluding hydrogens is 196 g/mol. The third kappa shape index (κ3) is 3.16. The van der Waals surface area contributed by atoms with Gasteiger partial charge in [0.05, 0.1) is 0 Å². The second-order valence-electron chi connectivity index (χ2n) is 3.38. The molecule has 1 heterocycles. The Balaban J connectivity index is 0.000000606. The summed E-state index contributed by atoms with van der Waals surface area (Å²) < 4.78 is 0. The van der Waals surface area contributed by atoms with Crippen LogP contribution in [0.4, 0.5) is 0 Å². The smallest absolute Gasteiger partial charge is 0.125 e. The number of rotatable bonds is 1. The maximum absolute atomic E-state index is 4.17. The normalized spacial score (nSPS) is 9.25. The third-order valence-electron chi connectivity index (χ3n) is 2.17. The van der Waals surface area contributed by atoms with Crippen molar-refractivity contribution in [2.75, 3.05) is 0 Å². The van der Waals surface area contributed by atoms with Crippen LogP contribution in [0, 0.1) is 13.8 Å².